The highest BCUT2D eigenvalue weighted by atomic mass is 16.3. The van der Waals surface area contributed by atoms with Crippen LogP contribution < -0.4 is 0 Å². The second-order valence-electron chi connectivity index (χ2n) is 7.36. The molecule has 6 N–H and O–H groups in total. The molecule has 0 aliphatic rings. The van der Waals surface area contributed by atoms with Gasteiger partial charge in [-0.1, -0.05) is 66.8 Å². The zero-order valence-corrected chi connectivity index (χ0v) is 18.1. The van der Waals surface area contributed by atoms with Gasteiger partial charge in [-0.25, -0.2) is 0 Å². The molecule has 0 unspecified atom stereocenters. The van der Waals surface area contributed by atoms with E-state index in [1.165, 1.54) is 18.2 Å². The zero-order chi connectivity index (χ0) is 24.5. The van der Waals surface area contributed by atoms with Crippen LogP contribution in [0.2, 0.25) is 0 Å². The Bertz CT molecular complexity index is 1250. The Hall–Kier alpha value is -4.84. The molecule has 0 aliphatic carbocycles. The van der Waals surface area contributed by atoms with Crippen LogP contribution in [-0.2, 0) is 0 Å². The normalized spacial score (nSPS) is 10.8. The van der Waals surface area contributed by atoms with Crippen LogP contribution in [0.5, 0.6) is 34.5 Å². The summed E-state index contributed by atoms with van der Waals surface area (Å²) in [7, 11) is 0. The average molecular weight is 456 g/mol. The zero-order valence-electron chi connectivity index (χ0n) is 18.1. The van der Waals surface area contributed by atoms with Crippen LogP contribution in [0.25, 0.3) is 24.3 Å². The van der Waals surface area contributed by atoms with Crippen LogP contribution in [0.4, 0.5) is 0 Å². The second kappa shape index (κ2) is 11.2. The van der Waals surface area contributed by atoms with Gasteiger partial charge < -0.3 is 30.6 Å². The largest absolute Gasteiger partial charge is 0.508 e. The fourth-order valence-corrected chi connectivity index (χ4v) is 2.97. The Morgan fingerprint density at radius 1 is 0.382 bits per heavy atom. The molecule has 0 aliphatic heterocycles. The molecule has 0 radical (unpaired) electrons. The molecular weight excluding hydrogens is 432 g/mol. The van der Waals surface area contributed by atoms with Crippen molar-refractivity contribution in [1.29, 1.82) is 0 Å². The summed E-state index contributed by atoms with van der Waals surface area (Å²) in [6, 6.07) is 23.5. The number of phenols is 6. The number of rotatable bonds is 4. The minimum absolute atomic E-state index is 0.0235. The van der Waals surface area contributed by atoms with E-state index < -0.39 is 5.75 Å². The summed E-state index contributed by atoms with van der Waals surface area (Å²) in [5, 5.41) is 55.6. The predicted molar refractivity (Wildman–Crippen MR) is 134 cm³/mol. The number of hydrogen-bond acceptors (Lipinski definition) is 6. The fraction of sp³-hybridized carbons (Fsp3) is 0. The van der Waals surface area contributed by atoms with Crippen molar-refractivity contribution >= 4 is 24.3 Å². The molecule has 172 valence electrons. The summed E-state index contributed by atoms with van der Waals surface area (Å²) >= 11 is 0. The lowest BCUT2D eigenvalue weighted by Gasteiger charge is -2.02. The molecule has 4 aromatic carbocycles. The summed E-state index contributed by atoms with van der Waals surface area (Å²) in [5.74, 6) is -0.903. The number of benzene rings is 4. The van der Waals surface area contributed by atoms with Gasteiger partial charge in [0, 0.05) is 6.07 Å². The van der Waals surface area contributed by atoms with E-state index in [0.29, 0.717) is 11.1 Å². The Balaban J connectivity index is 0.000000191. The summed E-state index contributed by atoms with van der Waals surface area (Å²) in [6.07, 6.45) is 7.19. The number of aromatic hydroxyl groups is 6. The van der Waals surface area contributed by atoms with E-state index in [1.807, 2.05) is 42.5 Å². The molecule has 4 aromatic rings. The van der Waals surface area contributed by atoms with Crippen molar-refractivity contribution in [1.82, 2.24) is 0 Å². The van der Waals surface area contributed by atoms with Gasteiger partial charge in [0.25, 0.3) is 0 Å². The van der Waals surface area contributed by atoms with Crippen molar-refractivity contribution in [2.45, 2.75) is 0 Å². The molecule has 0 atom stereocenters. The molecule has 34 heavy (non-hydrogen) atoms. The van der Waals surface area contributed by atoms with Crippen LogP contribution in [-0.4, -0.2) is 30.6 Å². The van der Waals surface area contributed by atoms with Gasteiger partial charge >= 0.3 is 0 Å². The van der Waals surface area contributed by atoms with Crippen molar-refractivity contribution in [3.8, 4) is 34.5 Å². The molecular formula is C28H24O6. The quantitative estimate of drug-likeness (QED) is 0.167. The first-order valence-electron chi connectivity index (χ1n) is 10.3. The average Bonchev–Trinajstić information content (AvgIpc) is 2.81. The van der Waals surface area contributed by atoms with Crippen LogP contribution in [0, 0.1) is 0 Å². The highest BCUT2D eigenvalue weighted by Crippen LogP contribution is 2.35. The monoisotopic (exact) mass is 456 g/mol. The van der Waals surface area contributed by atoms with Crippen molar-refractivity contribution in [3.05, 3.63) is 107 Å². The first-order valence-corrected chi connectivity index (χ1v) is 10.3. The molecule has 0 saturated heterocycles. The van der Waals surface area contributed by atoms with Gasteiger partial charge in [-0.05, 0) is 58.7 Å². The van der Waals surface area contributed by atoms with Gasteiger partial charge in [-0.15, -0.1) is 0 Å². The van der Waals surface area contributed by atoms with Crippen molar-refractivity contribution < 1.29 is 30.6 Å². The molecule has 6 nitrogen and oxygen atoms in total. The maximum absolute atomic E-state index is 9.33. The molecule has 0 bridgehead atoms. The summed E-state index contributed by atoms with van der Waals surface area (Å²) in [4.78, 5) is 0. The molecule has 0 aromatic heterocycles. The molecule has 6 heteroatoms. The van der Waals surface area contributed by atoms with Gasteiger partial charge in [-0.3, -0.25) is 0 Å². The summed E-state index contributed by atoms with van der Waals surface area (Å²) in [5.41, 5.74) is 3.25. The van der Waals surface area contributed by atoms with E-state index in [0.717, 1.165) is 11.1 Å². The molecule has 0 heterocycles. The number of phenolic OH excluding ortho intramolecular Hbond substituents is 6. The lowest BCUT2D eigenvalue weighted by atomic mass is 10.1. The maximum Gasteiger partial charge on any atom is 0.200 e. The van der Waals surface area contributed by atoms with Crippen LogP contribution >= 0.6 is 0 Å². The highest BCUT2D eigenvalue weighted by molar-refractivity contribution is 5.72. The van der Waals surface area contributed by atoms with Gasteiger partial charge in [0.05, 0.1) is 0 Å². The second-order valence-corrected chi connectivity index (χ2v) is 7.36. The third-order valence-electron chi connectivity index (χ3n) is 4.65. The van der Waals surface area contributed by atoms with E-state index in [-0.39, 0.29) is 28.7 Å². The summed E-state index contributed by atoms with van der Waals surface area (Å²) < 4.78 is 0. The fourth-order valence-electron chi connectivity index (χ4n) is 2.97. The third kappa shape index (κ3) is 7.10. The smallest absolute Gasteiger partial charge is 0.200 e. The summed E-state index contributed by atoms with van der Waals surface area (Å²) in [6.45, 7) is 0. The van der Waals surface area contributed by atoms with E-state index in [4.69, 9.17) is 5.11 Å². The molecule has 0 spiro atoms. The van der Waals surface area contributed by atoms with Gasteiger partial charge in [-0.2, -0.15) is 0 Å². The topological polar surface area (TPSA) is 121 Å². The maximum atomic E-state index is 9.33. The van der Waals surface area contributed by atoms with E-state index in [1.54, 1.807) is 48.6 Å². The van der Waals surface area contributed by atoms with Crippen LogP contribution in [0.1, 0.15) is 22.3 Å². The van der Waals surface area contributed by atoms with E-state index >= 15 is 0 Å². The Kier molecular flexibility index (Phi) is 7.81. The minimum Gasteiger partial charge on any atom is -0.508 e. The first-order chi connectivity index (χ1) is 16.3. The Morgan fingerprint density at radius 3 is 1.35 bits per heavy atom. The molecule has 0 fully saturated rings. The van der Waals surface area contributed by atoms with E-state index in [2.05, 4.69) is 0 Å². The van der Waals surface area contributed by atoms with E-state index in [9.17, 15) is 25.5 Å². The third-order valence-corrected chi connectivity index (χ3v) is 4.65. The Morgan fingerprint density at radius 2 is 0.824 bits per heavy atom. The highest BCUT2D eigenvalue weighted by Gasteiger charge is 2.06. The standard InChI is InChI=1S/2C14H12O3/c15-12-5-3-10(4-6-12)1-2-11-7-13(16)9-14(17)8-11;15-12-8-11(9-13(16)14(12)17)7-6-10-4-2-1-3-5-10/h2*1-9,15-17H. The number of hydrogen-bond donors (Lipinski definition) is 6. The molecule has 0 amide bonds. The lowest BCUT2D eigenvalue weighted by Crippen LogP contribution is -1.76. The van der Waals surface area contributed by atoms with Crippen molar-refractivity contribution in [3.63, 3.8) is 0 Å². The lowest BCUT2D eigenvalue weighted by molar-refractivity contribution is 0.368. The van der Waals surface area contributed by atoms with Crippen molar-refractivity contribution in [2.24, 2.45) is 0 Å². The van der Waals surface area contributed by atoms with Gasteiger partial charge in [0.2, 0.25) is 0 Å². The predicted octanol–water partition coefficient (Wildman–Crippen LogP) is 5.95. The van der Waals surface area contributed by atoms with Gasteiger partial charge in [0.15, 0.2) is 17.2 Å². The minimum atomic E-state index is -0.498. The van der Waals surface area contributed by atoms with Crippen molar-refractivity contribution in [2.75, 3.05) is 0 Å². The SMILES string of the molecule is Oc1cc(C=Cc2ccccc2)cc(O)c1O.Oc1ccc(C=Cc2cc(O)cc(O)c2)cc1. The molecule has 4 rings (SSSR count). The Labute approximate surface area is 196 Å². The first kappa shape index (κ1) is 23.8. The van der Waals surface area contributed by atoms with Gasteiger partial charge in [0.1, 0.15) is 17.2 Å². The molecule has 0 saturated carbocycles. The van der Waals surface area contributed by atoms with Crippen LogP contribution in [0.15, 0.2) is 84.9 Å². The van der Waals surface area contributed by atoms with Crippen LogP contribution in [0.3, 0.4) is 0 Å².